The van der Waals surface area contributed by atoms with E-state index >= 15 is 0 Å². The van der Waals surface area contributed by atoms with E-state index in [1.54, 1.807) is 24.3 Å². The minimum absolute atomic E-state index is 0.116. The first-order chi connectivity index (χ1) is 11.1. The van der Waals surface area contributed by atoms with Gasteiger partial charge in [0.1, 0.15) is 18.5 Å². The van der Waals surface area contributed by atoms with E-state index < -0.39 is 6.10 Å². The quantitative estimate of drug-likeness (QED) is 0.807. The molecule has 0 radical (unpaired) electrons. The standard InChI is InChI=1S/C17H23N3O3/c1-19(12-17(22)20-8-2-3-9-20)11-15(21)13-23-16-6-4-14(10-18)5-7-16/h4-7,15,21H,2-3,8-9,11-13H2,1H3/t15-/m1/s1. The topological polar surface area (TPSA) is 76.8 Å². The van der Waals surface area contributed by atoms with E-state index in [9.17, 15) is 9.90 Å². The fourth-order valence-corrected chi connectivity index (χ4v) is 2.59. The van der Waals surface area contributed by atoms with Crippen LogP contribution in [-0.4, -0.2) is 66.8 Å². The summed E-state index contributed by atoms with van der Waals surface area (Å²) in [6.45, 7) is 2.52. The first-order valence-corrected chi connectivity index (χ1v) is 7.86. The van der Waals surface area contributed by atoms with Gasteiger partial charge in [-0.2, -0.15) is 5.26 Å². The number of amides is 1. The van der Waals surface area contributed by atoms with Crippen molar-refractivity contribution in [2.45, 2.75) is 18.9 Å². The summed E-state index contributed by atoms with van der Waals surface area (Å²) < 4.78 is 5.49. The molecule has 1 aliphatic heterocycles. The number of rotatable bonds is 7. The number of aliphatic hydroxyl groups is 1. The molecule has 124 valence electrons. The highest BCUT2D eigenvalue weighted by atomic mass is 16.5. The maximum absolute atomic E-state index is 12.0. The van der Waals surface area contributed by atoms with Crippen LogP contribution in [-0.2, 0) is 4.79 Å². The summed E-state index contributed by atoms with van der Waals surface area (Å²) in [5, 5.41) is 18.7. The van der Waals surface area contributed by atoms with Gasteiger partial charge >= 0.3 is 0 Å². The molecule has 0 aromatic heterocycles. The van der Waals surface area contributed by atoms with Crippen molar-refractivity contribution in [2.75, 3.05) is 39.8 Å². The van der Waals surface area contributed by atoms with E-state index in [2.05, 4.69) is 0 Å². The number of hydrogen-bond donors (Lipinski definition) is 1. The van der Waals surface area contributed by atoms with Gasteiger partial charge in [0.05, 0.1) is 18.2 Å². The maximum atomic E-state index is 12.0. The van der Waals surface area contributed by atoms with Crippen LogP contribution >= 0.6 is 0 Å². The first kappa shape index (κ1) is 17.3. The highest BCUT2D eigenvalue weighted by Gasteiger charge is 2.20. The number of benzene rings is 1. The van der Waals surface area contributed by atoms with Crippen molar-refractivity contribution in [1.29, 1.82) is 5.26 Å². The van der Waals surface area contributed by atoms with Gasteiger partial charge in [0.25, 0.3) is 0 Å². The number of carbonyl (C=O) groups is 1. The van der Waals surface area contributed by atoms with Crippen molar-refractivity contribution in [2.24, 2.45) is 0 Å². The second kappa shape index (κ2) is 8.51. The normalized spacial score (nSPS) is 15.5. The van der Waals surface area contributed by atoms with Crippen molar-refractivity contribution >= 4 is 5.91 Å². The minimum Gasteiger partial charge on any atom is -0.491 e. The van der Waals surface area contributed by atoms with Crippen LogP contribution in [0.1, 0.15) is 18.4 Å². The van der Waals surface area contributed by atoms with Gasteiger partial charge in [-0.1, -0.05) is 0 Å². The number of nitrogens with zero attached hydrogens (tertiary/aromatic N) is 3. The third-order valence-electron chi connectivity index (χ3n) is 3.81. The molecule has 0 aliphatic carbocycles. The molecule has 23 heavy (non-hydrogen) atoms. The molecule has 0 spiro atoms. The zero-order valence-corrected chi connectivity index (χ0v) is 13.4. The van der Waals surface area contributed by atoms with Crippen LogP contribution in [0.4, 0.5) is 0 Å². The lowest BCUT2D eigenvalue weighted by atomic mass is 10.2. The molecule has 0 saturated carbocycles. The number of aliphatic hydroxyl groups excluding tert-OH is 1. The molecule has 6 nitrogen and oxygen atoms in total. The average Bonchev–Trinajstić information content (AvgIpc) is 3.08. The summed E-state index contributed by atoms with van der Waals surface area (Å²) in [5.74, 6) is 0.726. The molecular formula is C17H23N3O3. The maximum Gasteiger partial charge on any atom is 0.236 e. The molecule has 1 saturated heterocycles. The summed E-state index contributed by atoms with van der Waals surface area (Å²) in [6.07, 6.45) is 1.48. The molecule has 1 fully saturated rings. The van der Waals surface area contributed by atoms with Gasteiger partial charge in [0.2, 0.25) is 5.91 Å². The Hall–Kier alpha value is -2.10. The number of likely N-dealkylation sites (N-methyl/N-ethyl adjacent to an activating group) is 1. The smallest absolute Gasteiger partial charge is 0.236 e. The van der Waals surface area contributed by atoms with Crippen LogP contribution < -0.4 is 4.74 Å². The number of nitriles is 1. The molecule has 1 N–H and O–H groups in total. The second-order valence-electron chi connectivity index (χ2n) is 5.89. The van der Waals surface area contributed by atoms with Crippen LogP contribution in [0.2, 0.25) is 0 Å². The molecule has 0 bridgehead atoms. The van der Waals surface area contributed by atoms with Crippen LogP contribution in [0, 0.1) is 11.3 Å². The molecule has 1 aromatic rings. The van der Waals surface area contributed by atoms with Crippen LogP contribution in [0.25, 0.3) is 0 Å². The molecular weight excluding hydrogens is 294 g/mol. The predicted octanol–water partition coefficient (Wildman–Crippen LogP) is 0.852. The highest BCUT2D eigenvalue weighted by Crippen LogP contribution is 2.12. The van der Waals surface area contributed by atoms with E-state index in [-0.39, 0.29) is 12.5 Å². The van der Waals surface area contributed by atoms with Crippen LogP contribution in [0.3, 0.4) is 0 Å². The summed E-state index contributed by atoms with van der Waals surface area (Å²) in [7, 11) is 1.82. The van der Waals surface area contributed by atoms with E-state index in [1.807, 2.05) is 22.9 Å². The average molecular weight is 317 g/mol. The van der Waals surface area contributed by atoms with Crippen molar-refractivity contribution in [3.8, 4) is 11.8 Å². The third-order valence-corrected chi connectivity index (χ3v) is 3.81. The van der Waals surface area contributed by atoms with E-state index in [0.717, 1.165) is 25.9 Å². The van der Waals surface area contributed by atoms with Gasteiger partial charge in [-0.15, -0.1) is 0 Å². The number of hydrogen-bond acceptors (Lipinski definition) is 5. The lowest BCUT2D eigenvalue weighted by Gasteiger charge is -2.23. The summed E-state index contributed by atoms with van der Waals surface area (Å²) in [5.41, 5.74) is 0.568. The van der Waals surface area contributed by atoms with E-state index in [4.69, 9.17) is 10.00 Å². The van der Waals surface area contributed by atoms with E-state index in [0.29, 0.717) is 24.4 Å². The SMILES string of the molecule is CN(CC(=O)N1CCCC1)C[C@@H](O)COc1ccc(C#N)cc1. The Kier molecular flexibility index (Phi) is 6.39. The van der Waals surface area contributed by atoms with E-state index in [1.165, 1.54) is 0 Å². The zero-order chi connectivity index (χ0) is 16.7. The fourth-order valence-electron chi connectivity index (χ4n) is 2.59. The molecule has 1 aromatic carbocycles. The monoisotopic (exact) mass is 317 g/mol. The second-order valence-corrected chi connectivity index (χ2v) is 5.89. The Labute approximate surface area is 136 Å². The Morgan fingerprint density at radius 2 is 2.04 bits per heavy atom. The largest absolute Gasteiger partial charge is 0.491 e. The van der Waals surface area contributed by atoms with Crippen LogP contribution in [0.15, 0.2) is 24.3 Å². The Morgan fingerprint density at radius 1 is 1.39 bits per heavy atom. The predicted molar refractivity (Wildman–Crippen MR) is 86.0 cm³/mol. The minimum atomic E-state index is -0.679. The van der Waals surface area contributed by atoms with Gasteiger partial charge in [0, 0.05) is 19.6 Å². The van der Waals surface area contributed by atoms with Gasteiger partial charge in [-0.05, 0) is 44.2 Å². The lowest BCUT2D eigenvalue weighted by Crippen LogP contribution is -2.41. The Morgan fingerprint density at radius 3 is 2.65 bits per heavy atom. The van der Waals surface area contributed by atoms with Gasteiger partial charge < -0.3 is 14.7 Å². The number of likely N-dealkylation sites (tertiary alicyclic amines) is 1. The van der Waals surface area contributed by atoms with Crippen molar-refractivity contribution in [3.63, 3.8) is 0 Å². The molecule has 1 amide bonds. The third kappa shape index (κ3) is 5.55. The first-order valence-electron chi connectivity index (χ1n) is 7.86. The van der Waals surface area contributed by atoms with Gasteiger partial charge in [-0.3, -0.25) is 9.69 Å². The number of carbonyl (C=O) groups excluding carboxylic acids is 1. The molecule has 6 heteroatoms. The summed E-state index contributed by atoms with van der Waals surface area (Å²) >= 11 is 0. The fraction of sp³-hybridized carbons (Fsp3) is 0.529. The summed E-state index contributed by atoms with van der Waals surface area (Å²) in [4.78, 5) is 15.7. The molecule has 2 rings (SSSR count). The Bertz CT molecular complexity index is 547. The van der Waals surface area contributed by atoms with Crippen molar-refractivity contribution in [3.05, 3.63) is 29.8 Å². The highest BCUT2D eigenvalue weighted by molar-refractivity contribution is 5.78. The summed E-state index contributed by atoms with van der Waals surface area (Å²) in [6, 6.07) is 8.78. The van der Waals surface area contributed by atoms with Gasteiger partial charge in [-0.25, -0.2) is 0 Å². The van der Waals surface area contributed by atoms with Crippen LogP contribution in [0.5, 0.6) is 5.75 Å². The van der Waals surface area contributed by atoms with Gasteiger partial charge in [0.15, 0.2) is 0 Å². The molecule has 0 unspecified atom stereocenters. The molecule has 1 aliphatic rings. The van der Waals surface area contributed by atoms with Crippen molar-refractivity contribution in [1.82, 2.24) is 9.80 Å². The molecule has 1 heterocycles. The Balaban J connectivity index is 1.69. The zero-order valence-electron chi connectivity index (χ0n) is 13.4. The number of ether oxygens (including phenoxy) is 1. The molecule has 1 atom stereocenters. The van der Waals surface area contributed by atoms with Crippen molar-refractivity contribution < 1.29 is 14.6 Å². The lowest BCUT2D eigenvalue weighted by molar-refractivity contribution is -0.131.